The molecule has 0 N–H and O–H groups in total. The molecule has 140 valence electrons. The van der Waals surface area contributed by atoms with Crippen molar-refractivity contribution in [3.05, 3.63) is 133 Å². The van der Waals surface area contributed by atoms with Gasteiger partial charge in [0.05, 0.1) is 0 Å². The summed E-state index contributed by atoms with van der Waals surface area (Å²) in [6, 6.07) is 38.2. The molecule has 0 saturated carbocycles. The van der Waals surface area contributed by atoms with Crippen LogP contribution in [0.4, 0.5) is 0 Å². The van der Waals surface area contributed by atoms with E-state index in [9.17, 15) is 0 Å². The van der Waals surface area contributed by atoms with E-state index in [0.29, 0.717) is 0 Å². The third kappa shape index (κ3) is 4.44. The Morgan fingerprint density at radius 2 is 1.03 bits per heavy atom. The van der Waals surface area contributed by atoms with E-state index in [1.165, 1.54) is 33.4 Å². The van der Waals surface area contributed by atoms with E-state index in [1.54, 1.807) is 0 Å². The van der Waals surface area contributed by atoms with Crippen LogP contribution in [0.5, 0.6) is 0 Å². The maximum absolute atomic E-state index is 4.30. The second kappa shape index (κ2) is 8.58. The van der Waals surface area contributed by atoms with E-state index >= 15 is 0 Å². The molecule has 0 aliphatic carbocycles. The molecule has 0 heterocycles. The number of hydrogen-bond acceptors (Lipinski definition) is 0. The first-order valence-electron chi connectivity index (χ1n) is 9.90. The van der Waals surface area contributed by atoms with Crippen LogP contribution < -0.4 is 0 Å². The van der Waals surface area contributed by atoms with Crippen LogP contribution in [-0.4, -0.2) is 0 Å². The Hall–Kier alpha value is -3.64. The number of allylic oxidation sites excluding steroid dienone is 3. The fourth-order valence-electron chi connectivity index (χ4n) is 3.51. The molecule has 0 radical (unpaired) electrons. The molecule has 0 aromatic heterocycles. The third-order valence-corrected chi connectivity index (χ3v) is 5.18. The molecule has 0 fully saturated rings. The van der Waals surface area contributed by atoms with Gasteiger partial charge >= 0.3 is 0 Å². The summed E-state index contributed by atoms with van der Waals surface area (Å²) in [6.45, 7) is 6.43. The monoisotopic (exact) mass is 372 g/mol. The largest absolute Gasteiger partial charge is 0.0911 e. The molecule has 0 aliphatic rings. The highest BCUT2D eigenvalue weighted by Crippen LogP contribution is 2.28. The van der Waals surface area contributed by atoms with Gasteiger partial charge in [-0.2, -0.15) is 0 Å². The Morgan fingerprint density at radius 1 is 0.552 bits per heavy atom. The molecule has 4 aromatic carbocycles. The lowest BCUT2D eigenvalue weighted by Crippen LogP contribution is -1.85. The smallest absolute Gasteiger partial charge is 0.0178 e. The molecule has 0 unspecified atom stereocenters. The zero-order valence-electron chi connectivity index (χ0n) is 16.7. The van der Waals surface area contributed by atoms with Crippen LogP contribution in [0, 0.1) is 0 Å². The summed E-state index contributed by atoms with van der Waals surface area (Å²) in [6.07, 6.45) is 2.16. The minimum atomic E-state index is 1.02. The fraction of sp³-hybridized carbons (Fsp3) is 0.0345. The predicted octanol–water partition coefficient (Wildman–Crippen LogP) is 8.14. The highest BCUT2D eigenvalue weighted by molar-refractivity contribution is 5.83. The summed E-state index contributed by atoms with van der Waals surface area (Å²) in [5.74, 6) is 0. The second-order valence-corrected chi connectivity index (χ2v) is 7.24. The zero-order chi connectivity index (χ0) is 20.1. The van der Waals surface area contributed by atoms with Gasteiger partial charge in [-0.25, -0.2) is 0 Å². The normalized spacial score (nSPS) is 11.3. The molecule has 4 aromatic rings. The van der Waals surface area contributed by atoms with E-state index in [2.05, 4.69) is 117 Å². The van der Waals surface area contributed by atoms with Crippen LogP contribution in [0.25, 0.3) is 33.4 Å². The van der Waals surface area contributed by atoms with Gasteiger partial charge in [0, 0.05) is 0 Å². The summed E-state index contributed by atoms with van der Waals surface area (Å²) in [4.78, 5) is 0. The van der Waals surface area contributed by atoms with Crippen molar-refractivity contribution < 1.29 is 0 Å². The average Bonchev–Trinajstić information content (AvgIpc) is 2.80. The highest BCUT2D eigenvalue weighted by atomic mass is 14.1. The van der Waals surface area contributed by atoms with Gasteiger partial charge in [-0.1, -0.05) is 116 Å². The van der Waals surface area contributed by atoms with Crippen LogP contribution in [0.15, 0.2) is 122 Å². The fourth-order valence-corrected chi connectivity index (χ4v) is 3.51. The molecule has 0 bridgehead atoms. The Kier molecular flexibility index (Phi) is 5.54. The molecule has 0 heteroatoms. The maximum Gasteiger partial charge on any atom is -0.0178 e. The molecule has 29 heavy (non-hydrogen) atoms. The lowest BCUT2D eigenvalue weighted by Gasteiger charge is -2.09. The Labute approximate surface area is 173 Å². The lowest BCUT2D eigenvalue weighted by molar-refractivity contribution is 1.55. The maximum atomic E-state index is 4.30. The lowest BCUT2D eigenvalue weighted by atomic mass is 9.96. The molecule has 0 amide bonds. The Bertz CT molecular complexity index is 1130. The van der Waals surface area contributed by atoms with Crippen molar-refractivity contribution in [1.82, 2.24) is 0 Å². The third-order valence-electron chi connectivity index (χ3n) is 5.18. The van der Waals surface area contributed by atoms with Crippen LogP contribution in [0.2, 0.25) is 0 Å². The average molecular weight is 373 g/mol. The van der Waals surface area contributed by atoms with Crippen molar-refractivity contribution in [1.29, 1.82) is 0 Å². The van der Waals surface area contributed by atoms with Gasteiger partial charge in [-0.05, 0) is 57.5 Å². The van der Waals surface area contributed by atoms with Gasteiger partial charge in [0.25, 0.3) is 0 Å². The van der Waals surface area contributed by atoms with Gasteiger partial charge in [0.1, 0.15) is 0 Å². The molecular formula is C29H24. The van der Waals surface area contributed by atoms with Crippen molar-refractivity contribution in [3.63, 3.8) is 0 Å². The van der Waals surface area contributed by atoms with Crippen molar-refractivity contribution in [2.45, 2.75) is 6.92 Å². The molecule has 4 rings (SSSR count). The molecule has 0 atom stereocenters. The molecule has 0 saturated heterocycles. The first kappa shape index (κ1) is 18.7. The van der Waals surface area contributed by atoms with Crippen molar-refractivity contribution in [2.24, 2.45) is 0 Å². The van der Waals surface area contributed by atoms with Crippen LogP contribution >= 0.6 is 0 Å². The van der Waals surface area contributed by atoms with Crippen LogP contribution in [-0.2, 0) is 0 Å². The molecule has 0 spiro atoms. The number of rotatable bonds is 5. The minimum Gasteiger partial charge on any atom is -0.0911 e. The van der Waals surface area contributed by atoms with E-state index < -0.39 is 0 Å². The van der Waals surface area contributed by atoms with Gasteiger partial charge in [0.2, 0.25) is 0 Å². The highest BCUT2D eigenvalue weighted by Gasteiger charge is 2.04. The van der Waals surface area contributed by atoms with Gasteiger partial charge in [-0.15, -0.1) is 0 Å². The second-order valence-electron chi connectivity index (χ2n) is 7.24. The molecular weight excluding hydrogens is 348 g/mol. The molecule has 0 aliphatic heterocycles. The van der Waals surface area contributed by atoms with E-state index in [0.717, 1.165) is 11.1 Å². The first-order valence-corrected chi connectivity index (χ1v) is 9.90. The van der Waals surface area contributed by atoms with Crippen LogP contribution in [0.1, 0.15) is 18.1 Å². The molecule has 0 nitrogen and oxygen atoms in total. The van der Waals surface area contributed by atoms with Crippen LogP contribution in [0.3, 0.4) is 0 Å². The standard InChI is InChI=1S/C29H24/c1-22(24-10-5-3-6-11-24)20-23(2)28-14-9-15-29(21-28)27-18-16-26(17-19-27)25-12-7-4-8-13-25/h3-21H,2H2,1H3/b22-20+. The number of benzene rings is 4. The summed E-state index contributed by atoms with van der Waals surface area (Å²) in [7, 11) is 0. The van der Waals surface area contributed by atoms with E-state index in [-0.39, 0.29) is 0 Å². The summed E-state index contributed by atoms with van der Waals surface area (Å²) in [5.41, 5.74) is 9.49. The quantitative estimate of drug-likeness (QED) is 0.310. The van der Waals surface area contributed by atoms with Crippen molar-refractivity contribution >= 4 is 11.1 Å². The first-order chi connectivity index (χ1) is 14.2. The van der Waals surface area contributed by atoms with Gasteiger partial charge in [0.15, 0.2) is 0 Å². The summed E-state index contributed by atoms with van der Waals surface area (Å²) >= 11 is 0. The Balaban J connectivity index is 1.58. The minimum absolute atomic E-state index is 1.02. The summed E-state index contributed by atoms with van der Waals surface area (Å²) < 4.78 is 0. The van der Waals surface area contributed by atoms with Gasteiger partial charge in [-0.3, -0.25) is 0 Å². The van der Waals surface area contributed by atoms with Crippen molar-refractivity contribution in [2.75, 3.05) is 0 Å². The topological polar surface area (TPSA) is 0 Å². The van der Waals surface area contributed by atoms with Crippen molar-refractivity contribution in [3.8, 4) is 22.3 Å². The van der Waals surface area contributed by atoms with E-state index in [1.807, 2.05) is 12.1 Å². The SMILES string of the molecule is C=C(/C=C(\C)c1ccccc1)c1cccc(-c2ccc(-c3ccccc3)cc2)c1. The Morgan fingerprint density at radius 3 is 1.69 bits per heavy atom. The van der Waals surface area contributed by atoms with Gasteiger partial charge < -0.3 is 0 Å². The van der Waals surface area contributed by atoms with E-state index in [4.69, 9.17) is 0 Å². The summed E-state index contributed by atoms with van der Waals surface area (Å²) in [5, 5.41) is 0. The number of hydrogen-bond donors (Lipinski definition) is 0. The zero-order valence-corrected chi connectivity index (χ0v) is 16.7. The predicted molar refractivity (Wildman–Crippen MR) is 126 cm³/mol.